The van der Waals surface area contributed by atoms with E-state index < -0.39 is 38.7 Å². The summed E-state index contributed by atoms with van der Waals surface area (Å²) >= 11 is 0. The first-order valence-corrected chi connectivity index (χ1v) is 17.8. The van der Waals surface area contributed by atoms with Crippen molar-refractivity contribution in [3.8, 4) is 0 Å². The van der Waals surface area contributed by atoms with Gasteiger partial charge in [0.25, 0.3) is 5.92 Å². The third-order valence-electron chi connectivity index (χ3n) is 8.61. The van der Waals surface area contributed by atoms with Crippen LogP contribution in [-0.4, -0.2) is 55.0 Å². The Morgan fingerprint density at radius 3 is 2.50 bits per heavy atom. The normalized spacial score (nSPS) is 26.4. The van der Waals surface area contributed by atoms with Crippen LogP contribution in [0.3, 0.4) is 0 Å². The van der Waals surface area contributed by atoms with Crippen molar-refractivity contribution in [3.63, 3.8) is 0 Å². The van der Waals surface area contributed by atoms with E-state index in [2.05, 4.69) is 20.8 Å². The predicted octanol–water partition coefficient (Wildman–Crippen LogP) is 7.99. The number of ether oxygens (including phenoxy) is 2. The summed E-state index contributed by atoms with van der Waals surface area (Å²) in [4.78, 5) is 10.8. The number of unbranched alkanes of at least 4 members (excludes halogenated alkanes) is 1. The lowest BCUT2D eigenvalue weighted by molar-refractivity contribution is -0.137. The van der Waals surface area contributed by atoms with Crippen LogP contribution < -0.4 is 0 Å². The van der Waals surface area contributed by atoms with Gasteiger partial charge in [0.05, 0.1) is 18.5 Å². The molecule has 0 amide bonds. The van der Waals surface area contributed by atoms with Crippen molar-refractivity contribution >= 4 is 14.3 Å². The maximum atomic E-state index is 15.3. The minimum Gasteiger partial charge on any atom is -0.481 e. The van der Waals surface area contributed by atoms with Gasteiger partial charge in [0.1, 0.15) is 6.10 Å². The molecule has 1 heterocycles. The number of halogens is 2. The van der Waals surface area contributed by atoms with Crippen LogP contribution in [-0.2, 0) is 18.7 Å². The number of alkyl halides is 2. The number of carbonyl (C=O) groups is 1. The van der Waals surface area contributed by atoms with Gasteiger partial charge in [-0.3, -0.25) is 4.79 Å². The highest BCUT2D eigenvalue weighted by Gasteiger charge is 2.47. The van der Waals surface area contributed by atoms with Crippen LogP contribution in [0, 0.1) is 11.8 Å². The second kappa shape index (κ2) is 15.6. The maximum Gasteiger partial charge on any atom is 0.303 e. The summed E-state index contributed by atoms with van der Waals surface area (Å²) in [6, 6.07) is 0. The Hall–Kier alpha value is -1.55. The monoisotopic (exact) mass is 586 g/mol. The summed E-state index contributed by atoms with van der Waals surface area (Å²) in [7, 11) is -2.41. The summed E-state index contributed by atoms with van der Waals surface area (Å²) in [5, 5.41) is 19.6. The molecule has 2 rings (SSSR count). The van der Waals surface area contributed by atoms with Crippen LogP contribution in [0.4, 0.5) is 8.78 Å². The molecule has 1 fully saturated rings. The van der Waals surface area contributed by atoms with Crippen molar-refractivity contribution in [2.75, 3.05) is 0 Å². The Kier molecular flexibility index (Phi) is 13.5. The van der Waals surface area contributed by atoms with Gasteiger partial charge in [0.2, 0.25) is 6.29 Å². The van der Waals surface area contributed by atoms with Crippen molar-refractivity contribution in [1.29, 1.82) is 0 Å². The largest absolute Gasteiger partial charge is 0.481 e. The zero-order valence-electron chi connectivity index (χ0n) is 25.3. The van der Waals surface area contributed by atoms with Gasteiger partial charge >= 0.3 is 5.97 Å². The molecule has 0 radical (unpaired) electrons. The number of aliphatic hydroxyl groups is 1. The quantitative estimate of drug-likeness (QED) is 0.102. The average molecular weight is 587 g/mol. The summed E-state index contributed by atoms with van der Waals surface area (Å²) in [6.45, 7) is 12.0. The second-order valence-corrected chi connectivity index (χ2v) is 17.6. The first-order chi connectivity index (χ1) is 18.7. The zero-order chi connectivity index (χ0) is 30.0. The highest BCUT2D eigenvalue weighted by atomic mass is 28.4. The van der Waals surface area contributed by atoms with Gasteiger partial charge in [-0.15, -0.1) is 0 Å². The Morgan fingerprint density at radius 1 is 1.18 bits per heavy atom. The third-order valence-corrected chi connectivity index (χ3v) is 13.1. The highest BCUT2D eigenvalue weighted by Crippen LogP contribution is 2.44. The molecule has 0 saturated heterocycles. The first-order valence-electron chi connectivity index (χ1n) is 14.9. The number of rotatable bonds is 17. The van der Waals surface area contributed by atoms with Gasteiger partial charge < -0.3 is 24.1 Å². The lowest BCUT2D eigenvalue weighted by Gasteiger charge is -2.41. The van der Waals surface area contributed by atoms with Crippen LogP contribution in [0.25, 0.3) is 0 Å². The predicted molar refractivity (Wildman–Crippen MR) is 157 cm³/mol. The molecule has 0 spiro atoms. The molecular weight excluding hydrogens is 534 g/mol. The average Bonchev–Trinajstić information content (AvgIpc) is 3.13. The molecule has 9 heteroatoms. The molecule has 1 aliphatic heterocycles. The molecule has 230 valence electrons. The topological polar surface area (TPSA) is 85.2 Å². The highest BCUT2D eigenvalue weighted by molar-refractivity contribution is 6.74. The van der Waals surface area contributed by atoms with E-state index in [1.165, 1.54) is 0 Å². The van der Waals surface area contributed by atoms with E-state index in [0.717, 1.165) is 0 Å². The summed E-state index contributed by atoms with van der Waals surface area (Å²) in [6.07, 6.45) is 12.5. The van der Waals surface area contributed by atoms with Gasteiger partial charge in [-0.2, -0.15) is 0 Å². The third kappa shape index (κ3) is 10.7. The van der Waals surface area contributed by atoms with Crippen molar-refractivity contribution in [3.05, 3.63) is 36.6 Å². The smallest absolute Gasteiger partial charge is 0.303 e. The van der Waals surface area contributed by atoms with E-state index in [4.69, 9.17) is 19.0 Å². The van der Waals surface area contributed by atoms with Crippen LogP contribution in [0.15, 0.2) is 36.6 Å². The van der Waals surface area contributed by atoms with Crippen molar-refractivity contribution < 1.29 is 37.7 Å². The SMILES string of the molecule is CCCC(F)(F)C(CCCC1[C@@H](C/C=C\CCCC(=O)O)[C@@H](O)C[C@H]1O[C@@H]1C=CC=CO1)O[Si](C)(C)C(C)(C)C. The lowest BCUT2D eigenvalue weighted by atomic mass is 9.85. The minimum absolute atomic E-state index is 0.0325. The molecule has 2 unspecified atom stereocenters. The number of aliphatic carboxylic acids is 1. The van der Waals surface area contributed by atoms with E-state index in [1.807, 2.05) is 37.4 Å². The molecule has 6 nitrogen and oxygen atoms in total. The molecule has 2 N–H and O–H groups in total. The molecule has 0 aromatic carbocycles. The van der Waals surface area contributed by atoms with Gasteiger partial charge in [0, 0.05) is 19.3 Å². The standard InChI is InChI=1S/C31H52F2O6Si/c1-7-20-31(32,33)27(39-40(5,6)30(2,3)4)17-14-16-24-23(15-10-8-9-11-18-28(35)36)25(34)22-26(24)38-29-19-12-13-21-37-29/h8,10,12-13,19,21,23-27,29,34H,7,9,11,14-18,20,22H2,1-6H3,(H,35,36)/b10-8-/t23-,24?,25+,26-,27?,29-/m1/s1. The van der Waals surface area contributed by atoms with E-state index in [-0.39, 0.29) is 42.2 Å². The van der Waals surface area contributed by atoms with Crippen LogP contribution >= 0.6 is 0 Å². The summed E-state index contributed by atoms with van der Waals surface area (Å²) in [5.41, 5.74) is 0. The fourth-order valence-electron chi connectivity index (χ4n) is 5.32. The van der Waals surface area contributed by atoms with E-state index in [1.54, 1.807) is 19.3 Å². The van der Waals surface area contributed by atoms with Gasteiger partial charge in [-0.1, -0.05) is 58.8 Å². The number of carboxylic acids is 1. The molecule has 0 aromatic heterocycles. The Labute approximate surface area is 241 Å². The van der Waals surface area contributed by atoms with E-state index in [0.29, 0.717) is 44.9 Å². The minimum atomic E-state index is -2.90. The van der Waals surface area contributed by atoms with Gasteiger partial charge in [0.15, 0.2) is 8.32 Å². The van der Waals surface area contributed by atoms with Crippen molar-refractivity contribution in [1.82, 2.24) is 0 Å². The number of allylic oxidation sites excluding steroid dienone is 4. The fraction of sp³-hybridized carbons (Fsp3) is 0.774. The lowest BCUT2D eigenvalue weighted by Crippen LogP contribution is -2.49. The van der Waals surface area contributed by atoms with Crippen LogP contribution in [0.2, 0.25) is 18.1 Å². The van der Waals surface area contributed by atoms with E-state index in [9.17, 15) is 9.90 Å². The Morgan fingerprint density at radius 2 is 1.90 bits per heavy atom. The maximum absolute atomic E-state index is 15.3. The Bertz CT molecular complexity index is 866. The Balaban J connectivity index is 2.13. The summed E-state index contributed by atoms with van der Waals surface area (Å²) in [5.74, 6) is -3.83. The molecule has 0 bridgehead atoms. The number of hydrogen-bond donors (Lipinski definition) is 2. The van der Waals surface area contributed by atoms with Gasteiger partial charge in [-0.25, -0.2) is 8.78 Å². The fourth-order valence-corrected chi connectivity index (χ4v) is 6.67. The first kappa shape index (κ1) is 34.6. The molecule has 2 aliphatic rings. The van der Waals surface area contributed by atoms with Crippen LogP contribution in [0.5, 0.6) is 0 Å². The second-order valence-electron chi connectivity index (χ2n) is 12.8. The van der Waals surface area contributed by atoms with Crippen molar-refractivity contribution in [2.45, 2.75) is 141 Å². The molecule has 6 atom stereocenters. The summed E-state index contributed by atoms with van der Waals surface area (Å²) < 4.78 is 48.7. The van der Waals surface area contributed by atoms with Crippen molar-refractivity contribution in [2.24, 2.45) is 11.8 Å². The molecule has 1 aliphatic carbocycles. The van der Waals surface area contributed by atoms with Gasteiger partial charge in [-0.05, 0) is 74.2 Å². The molecule has 1 saturated carbocycles. The van der Waals surface area contributed by atoms with Crippen LogP contribution in [0.1, 0.15) is 91.9 Å². The zero-order valence-corrected chi connectivity index (χ0v) is 26.3. The molecule has 40 heavy (non-hydrogen) atoms. The molecular formula is C31H52F2O6Si. The molecule has 0 aromatic rings. The number of carboxylic acid groups (broad SMARTS) is 1. The number of hydrogen-bond acceptors (Lipinski definition) is 5. The van der Waals surface area contributed by atoms with E-state index >= 15 is 8.78 Å². The number of aliphatic hydroxyl groups excluding tert-OH is 1.